The van der Waals surface area contributed by atoms with E-state index in [4.69, 9.17) is 16.0 Å². The number of allylic oxidation sites excluding steroid dienone is 1. The summed E-state index contributed by atoms with van der Waals surface area (Å²) in [5.41, 5.74) is 19.6. The van der Waals surface area contributed by atoms with Crippen LogP contribution in [0.25, 0.3) is 61.5 Å². The molecule has 1 fully saturated rings. The van der Waals surface area contributed by atoms with Crippen molar-refractivity contribution in [2.24, 2.45) is 0 Å². The quantitative estimate of drug-likeness (QED) is 0.167. The van der Waals surface area contributed by atoms with Crippen molar-refractivity contribution in [2.75, 3.05) is 0 Å². The Morgan fingerprint density at radius 2 is 1.48 bits per heavy atom. The van der Waals surface area contributed by atoms with Gasteiger partial charge in [0.15, 0.2) is 29.7 Å². The molecule has 0 bridgehead atoms. The molecule has 2 atom stereocenters. The molecule has 4 nitrogen and oxygen atoms in total. The molecule has 3 aromatic carbocycles. The van der Waals surface area contributed by atoms with Gasteiger partial charge in [0.25, 0.3) is 0 Å². The second-order valence-corrected chi connectivity index (χ2v) is 18.3. The number of furan rings is 1. The molecule has 2 unspecified atom stereocenters. The molecule has 1 saturated carbocycles. The van der Waals surface area contributed by atoms with Crippen LogP contribution < -0.4 is 9.13 Å². The third kappa shape index (κ3) is 6.05. The SMILES string of the molecule is C=C1CC2c3ccccc3-c3ccc(C)c[n+]3C2CCc2ccc3c(oc4nc(-c5c(C(C)C)cccc5C(C)C)ccc43)c2-c2cc(C3CCCCC3)c(C)c[n+]21. The first-order valence-electron chi connectivity index (χ1n) is 22.0. The van der Waals surface area contributed by atoms with Gasteiger partial charge in [-0.1, -0.05) is 95.5 Å². The standard InChI is InChI=1S/C54H57N3O/c1-32(2)39-18-13-19-40(33(3)4)52(39)47-25-24-44-43-23-21-38-22-27-49-46(41-16-11-12-17-42(41)48-26-20-34(5)30-57(48)49)28-36(7)56-31-35(6)45(37-14-9-8-10-15-37)29-50(56)51(38)53(43)58-54(44)55-47/h11-13,16-21,23-26,29-33,37,46,49H,7-10,14-15,22,27-28H2,1-6H3/q+2. The second-order valence-electron chi connectivity index (χ2n) is 18.3. The lowest BCUT2D eigenvalue weighted by atomic mass is 9.77. The summed E-state index contributed by atoms with van der Waals surface area (Å²) < 4.78 is 12.2. The van der Waals surface area contributed by atoms with Crippen LogP contribution in [0.2, 0.25) is 0 Å². The van der Waals surface area contributed by atoms with Gasteiger partial charge in [0.1, 0.15) is 0 Å². The Morgan fingerprint density at radius 3 is 2.26 bits per heavy atom. The van der Waals surface area contributed by atoms with E-state index >= 15 is 0 Å². The van der Waals surface area contributed by atoms with E-state index in [0.29, 0.717) is 29.4 Å². The fourth-order valence-corrected chi connectivity index (χ4v) is 11.0. The molecule has 6 heterocycles. The highest BCUT2D eigenvalue weighted by atomic mass is 16.3. The van der Waals surface area contributed by atoms with Crippen molar-refractivity contribution in [2.45, 2.75) is 123 Å². The van der Waals surface area contributed by atoms with Crippen molar-refractivity contribution in [3.8, 4) is 33.8 Å². The predicted octanol–water partition coefficient (Wildman–Crippen LogP) is 13.6. The summed E-state index contributed by atoms with van der Waals surface area (Å²) in [4.78, 5) is 5.38. The molecule has 1 aliphatic carbocycles. The lowest BCUT2D eigenvalue weighted by Gasteiger charge is -2.31. The first kappa shape index (κ1) is 37.0. The molecule has 7 aromatic rings. The maximum absolute atomic E-state index is 7.16. The first-order valence-corrected chi connectivity index (χ1v) is 22.0. The van der Waals surface area contributed by atoms with E-state index in [1.807, 2.05) is 0 Å². The number of pyridine rings is 3. The monoisotopic (exact) mass is 763 g/mol. The van der Waals surface area contributed by atoms with Gasteiger partial charge in [-0.3, -0.25) is 0 Å². The largest absolute Gasteiger partial charge is 0.437 e. The van der Waals surface area contributed by atoms with Gasteiger partial charge in [0.2, 0.25) is 17.1 Å². The third-order valence-electron chi connectivity index (χ3n) is 13.9. The van der Waals surface area contributed by atoms with Crippen molar-refractivity contribution in [3.63, 3.8) is 0 Å². The van der Waals surface area contributed by atoms with Crippen LogP contribution >= 0.6 is 0 Å². The van der Waals surface area contributed by atoms with Gasteiger partial charge in [0.05, 0.1) is 17.2 Å². The Labute approximate surface area is 344 Å². The van der Waals surface area contributed by atoms with E-state index in [-0.39, 0.29) is 6.04 Å². The summed E-state index contributed by atoms with van der Waals surface area (Å²) in [5.74, 6) is 1.63. The van der Waals surface area contributed by atoms with Crippen LogP contribution in [-0.4, -0.2) is 4.98 Å². The van der Waals surface area contributed by atoms with Crippen molar-refractivity contribution in [3.05, 3.63) is 143 Å². The average Bonchev–Trinajstić information content (AvgIpc) is 3.61. The summed E-state index contributed by atoms with van der Waals surface area (Å²) in [6.07, 6.45) is 14.1. The van der Waals surface area contributed by atoms with Gasteiger partial charge in [-0.15, -0.1) is 0 Å². The van der Waals surface area contributed by atoms with Gasteiger partial charge in [-0.2, -0.15) is 9.13 Å². The first-order chi connectivity index (χ1) is 28.2. The number of benzene rings is 3. The highest BCUT2D eigenvalue weighted by molar-refractivity contribution is 6.09. The minimum absolute atomic E-state index is 0.283. The highest BCUT2D eigenvalue weighted by Crippen LogP contribution is 2.47. The number of rotatable bonds is 4. The maximum atomic E-state index is 7.16. The lowest BCUT2D eigenvalue weighted by molar-refractivity contribution is -0.719. The Bertz CT molecular complexity index is 2730. The Balaban J connectivity index is 1.21. The van der Waals surface area contributed by atoms with Gasteiger partial charge in [-0.25, -0.2) is 4.98 Å². The normalized spacial score (nSPS) is 18.2. The van der Waals surface area contributed by atoms with Crippen LogP contribution in [0.15, 0.2) is 108 Å². The minimum atomic E-state index is 0.283. The van der Waals surface area contributed by atoms with Crippen molar-refractivity contribution in [1.29, 1.82) is 0 Å². The summed E-state index contributed by atoms with van der Waals surface area (Å²) in [5, 5.41) is 2.20. The van der Waals surface area contributed by atoms with E-state index in [0.717, 1.165) is 47.0 Å². The Morgan fingerprint density at radius 1 is 0.724 bits per heavy atom. The van der Waals surface area contributed by atoms with Gasteiger partial charge in [0, 0.05) is 58.0 Å². The molecule has 4 aromatic heterocycles. The van der Waals surface area contributed by atoms with Gasteiger partial charge >= 0.3 is 0 Å². The minimum Gasteiger partial charge on any atom is -0.437 e. The van der Waals surface area contributed by atoms with E-state index in [1.165, 1.54) is 99.1 Å². The Kier molecular flexibility index (Phi) is 9.23. The maximum Gasteiger partial charge on any atom is 0.227 e. The van der Waals surface area contributed by atoms with Crippen LogP contribution in [0.3, 0.4) is 0 Å². The average molecular weight is 764 g/mol. The molecule has 292 valence electrons. The summed E-state index contributed by atoms with van der Waals surface area (Å²) in [7, 11) is 0. The summed E-state index contributed by atoms with van der Waals surface area (Å²) in [6.45, 7) is 18.6. The van der Waals surface area contributed by atoms with Crippen molar-refractivity contribution < 1.29 is 13.6 Å². The predicted molar refractivity (Wildman–Crippen MR) is 238 cm³/mol. The molecule has 0 saturated heterocycles. The third-order valence-corrected chi connectivity index (χ3v) is 13.9. The number of aromatic nitrogens is 3. The topological polar surface area (TPSA) is 33.8 Å². The summed E-state index contributed by atoms with van der Waals surface area (Å²) in [6, 6.07) is 32.4. The fourth-order valence-electron chi connectivity index (χ4n) is 11.0. The number of fused-ring (bicyclic) bond motifs is 13. The molecule has 2 aliphatic heterocycles. The van der Waals surface area contributed by atoms with Crippen LogP contribution in [0.4, 0.5) is 0 Å². The van der Waals surface area contributed by atoms with Crippen LogP contribution in [-0.2, 0) is 6.42 Å². The van der Waals surface area contributed by atoms with Gasteiger partial charge in [-0.05, 0) is 110 Å². The number of aryl methyl sites for hydroxylation is 3. The number of hydrogen-bond donors (Lipinski definition) is 0. The zero-order chi connectivity index (χ0) is 39.8. The van der Waals surface area contributed by atoms with Crippen LogP contribution in [0, 0.1) is 13.8 Å². The zero-order valence-corrected chi connectivity index (χ0v) is 35.2. The molecule has 0 spiro atoms. The zero-order valence-electron chi connectivity index (χ0n) is 35.2. The van der Waals surface area contributed by atoms with Crippen LogP contribution in [0.5, 0.6) is 0 Å². The molecule has 58 heavy (non-hydrogen) atoms. The van der Waals surface area contributed by atoms with E-state index in [2.05, 4.69) is 148 Å². The fraction of sp³-hybridized carbons (Fsp3) is 0.352. The molecule has 3 aliphatic rings. The van der Waals surface area contributed by atoms with E-state index in [1.54, 1.807) is 0 Å². The highest BCUT2D eigenvalue weighted by Gasteiger charge is 2.43. The molecule has 0 N–H and O–H groups in total. The van der Waals surface area contributed by atoms with E-state index in [9.17, 15) is 0 Å². The van der Waals surface area contributed by atoms with Crippen molar-refractivity contribution >= 4 is 27.8 Å². The second kappa shape index (κ2) is 14.5. The molecular weight excluding hydrogens is 707 g/mol. The molecule has 10 rings (SSSR count). The molecule has 4 heteroatoms. The summed E-state index contributed by atoms with van der Waals surface area (Å²) >= 11 is 0. The number of nitrogens with zero attached hydrogens (tertiary/aromatic N) is 3. The van der Waals surface area contributed by atoms with Gasteiger partial charge < -0.3 is 4.42 Å². The number of hydrogen-bond acceptors (Lipinski definition) is 2. The lowest BCUT2D eigenvalue weighted by Crippen LogP contribution is -2.49. The van der Waals surface area contributed by atoms with E-state index < -0.39 is 0 Å². The molecule has 0 radical (unpaired) electrons. The van der Waals surface area contributed by atoms with Crippen LogP contribution in [0.1, 0.15) is 141 Å². The smallest absolute Gasteiger partial charge is 0.227 e. The molecular formula is C54H57N3O+2. The molecule has 0 amide bonds. The van der Waals surface area contributed by atoms with Crippen molar-refractivity contribution in [1.82, 2.24) is 4.98 Å². The Hall–Kier alpha value is -5.35.